The largest absolute Gasteiger partial charge is 0.493 e. The van der Waals surface area contributed by atoms with Crippen LogP contribution in [-0.2, 0) is 6.42 Å². The molecule has 150 valence electrons. The molecule has 2 heterocycles. The molecule has 2 aromatic carbocycles. The number of carbonyl (C=O) groups excluding carboxylic acids is 1. The van der Waals surface area contributed by atoms with Gasteiger partial charge in [-0.05, 0) is 49.2 Å². The second-order valence-electron chi connectivity index (χ2n) is 6.75. The number of carbonyl (C=O) groups is 1. The van der Waals surface area contributed by atoms with Crippen molar-refractivity contribution < 1.29 is 18.4 Å². The molecule has 1 aromatic heterocycles. The molecule has 1 unspecified atom stereocenters. The van der Waals surface area contributed by atoms with Crippen LogP contribution in [0.1, 0.15) is 30.6 Å². The van der Waals surface area contributed by atoms with Gasteiger partial charge >= 0.3 is 6.03 Å². The second kappa shape index (κ2) is 8.72. The first kappa shape index (κ1) is 18.9. The summed E-state index contributed by atoms with van der Waals surface area (Å²) in [6, 6.07) is 14.7. The maximum Gasteiger partial charge on any atom is 0.322 e. The Bertz CT molecular complexity index is 946. The number of para-hydroxylation sites is 1. The Kier molecular flexibility index (Phi) is 5.69. The quantitative estimate of drug-likeness (QED) is 0.675. The van der Waals surface area contributed by atoms with Crippen LogP contribution in [0.15, 0.2) is 59.1 Å². The summed E-state index contributed by atoms with van der Waals surface area (Å²) in [5, 5.41) is 6.90. The zero-order chi connectivity index (χ0) is 20.1. The molecule has 2 amide bonds. The Morgan fingerprint density at radius 3 is 2.79 bits per heavy atom. The number of urea groups is 1. The molecule has 3 aromatic rings. The van der Waals surface area contributed by atoms with E-state index in [0.717, 1.165) is 18.5 Å². The van der Waals surface area contributed by atoms with Gasteiger partial charge in [0.1, 0.15) is 17.6 Å². The number of hydrogen-bond acceptors (Lipinski definition) is 5. The summed E-state index contributed by atoms with van der Waals surface area (Å²) in [6.07, 6.45) is 2.10. The Morgan fingerprint density at radius 2 is 2.00 bits per heavy atom. The molecule has 0 bridgehead atoms. The van der Waals surface area contributed by atoms with Gasteiger partial charge in [0, 0.05) is 18.7 Å². The minimum absolute atomic E-state index is 0.182. The van der Waals surface area contributed by atoms with Crippen LogP contribution in [0.25, 0.3) is 0 Å². The Hall–Kier alpha value is -3.42. The average Bonchev–Trinajstić information content (AvgIpc) is 3.39. The highest BCUT2D eigenvalue weighted by Crippen LogP contribution is 2.31. The first-order chi connectivity index (χ1) is 14.2. The predicted molar refractivity (Wildman–Crippen MR) is 104 cm³/mol. The zero-order valence-electron chi connectivity index (χ0n) is 15.8. The zero-order valence-corrected chi connectivity index (χ0v) is 15.8. The lowest BCUT2D eigenvalue weighted by Gasteiger charge is -2.22. The highest BCUT2D eigenvalue weighted by atomic mass is 19.1. The van der Waals surface area contributed by atoms with E-state index in [4.69, 9.17) is 9.26 Å². The van der Waals surface area contributed by atoms with Crippen LogP contribution in [0.4, 0.5) is 14.9 Å². The number of amides is 2. The first-order valence-corrected chi connectivity index (χ1v) is 9.52. The molecule has 1 fully saturated rings. The Labute approximate surface area is 167 Å². The van der Waals surface area contributed by atoms with E-state index < -0.39 is 0 Å². The molecule has 29 heavy (non-hydrogen) atoms. The second-order valence-corrected chi connectivity index (χ2v) is 6.75. The van der Waals surface area contributed by atoms with Gasteiger partial charge in [0.25, 0.3) is 0 Å². The van der Waals surface area contributed by atoms with Crippen molar-refractivity contribution in [3.63, 3.8) is 0 Å². The normalized spacial score (nSPS) is 16.0. The summed E-state index contributed by atoms with van der Waals surface area (Å²) in [5.41, 5.74) is 0.743. The lowest BCUT2D eigenvalue weighted by atomic mass is 10.2. The van der Waals surface area contributed by atoms with Crippen molar-refractivity contribution in [3.05, 3.63) is 72.1 Å². The molecule has 0 saturated carbocycles. The molecule has 0 aliphatic carbocycles. The molecule has 7 nitrogen and oxygen atoms in total. The number of nitrogens with zero attached hydrogens (tertiary/aromatic N) is 3. The number of nitrogens with one attached hydrogen (secondary N) is 1. The summed E-state index contributed by atoms with van der Waals surface area (Å²) >= 11 is 0. The molecule has 0 radical (unpaired) electrons. The van der Waals surface area contributed by atoms with Crippen LogP contribution < -0.4 is 10.1 Å². The molecular weight excluding hydrogens is 375 g/mol. The highest BCUT2D eigenvalue weighted by Gasteiger charge is 2.34. The molecule has 4 rings (SSSR count). The Balaban J connectivity index is 1.33. The Morgan fingerprint density at radius 1 is 1.21 bits per heavy atom. The van der Waals surface area contributed by atoms with E-state index in [2.05, 4.69) is 15.5 Å². The summed E-state index contributed by atoms with van der Waals surface area (Å²) in [7, 11) is 0. The summed E-state index contributed by atoms with van der Waals surface area (Å²) in [4.78, 5) is 18.8. The van der Waals surface area contributed by atoms with Gasteiger partial charge < -0.3 is 19.5 Å². The van der Waals surface area contributed by atoms with Crippen LogP contribution in [0.2, 0.25) is 0 Å². The molecule has 1 aliphatic rings. The van der Waals surface area contributed by atoms with Crippen molar-refractivity contribution in [1.29, 1.82) is 0 Å². The third-order valence-corrected chi connectivity index (χ3v) is 4.72. The van der Waals surface area contributed by atoms with E-state index in [-0.39, 0.29) is 17.9 Å². The van der Waals surface area contributed by atoms with Gasteiger partial charge in [0.15, 0.2) is 5.82 Å². The van der Waals surface area contributed by atoms with Crippen molar-refractivity contribution in [2.24, 2.45) is 0 Å². The third kappa shape index (κ3) is 4.71. The summed E-state index contributed by atoms with van der Waals surface area (Å²) in [5.74, 6) is 1.21. The van der Waals surface area contributed by atoms with Crippen LogP contribution in [0.5, 0.6) is 5.75 Å². The van der Waals surface area contributed by atoms with Crippen molar-refractivity contribution in [1.82, 2.24) is 15.0 Å². The van der Waals surface area contributed by atoms with Gasteiger partial charge in [-0.15, -0.1) is 0 Å². The number of benzene rings is 2. The summed E-state index contributed by atoms with van der Waals surface area (Å²) in [6.45, 7) is 0.974. The van der Waals surface area contributed by atoms with Gasteiger partial charge in [0.05, 0.1) is 6.61 Å². The average molecular weight is 396 g/mol. The fraction of sp³-hybridized carbons (Fsp3) is 0.286. The van der Waals surface area contributed by atoms with Crippen molar-refractivity contribution in [2.75, 3.05) is 18.5 Å². The molecule has 1 saturated heterocycles. The maximum absolute atomic E-state index is 12.9. The predicted octanol–water partition coefficient (Wildman–Crippen LogP) is 4.20. The maximum atomic E-state index is 12.9. The minimum atomic E-state index is -0.308. The molecule has 1 atom stereocenters. The number of ether oxygens (including phenoxy) is 1. The number of likely N-dealkylation sites (tertiary alicyclic amines) is 1. The molecule has 0 spiro atoms. The van der Waals surface area contributed by atoms with Gasteiger partial charge in [0.2, 0.25) is 5.89 Å². The van der Waals surface area contributed by atoms with E-state index in [9.17, 15) is 9.18 Å². The lowest BCUT2D eigenvalue weighted by molar-refractivity contribution is 0.193. The number of anilines is 1. The van der Waals surface area contributed by atoms with Crippen LogP contribution in [0.3, 0.4) is 0 Å². The topological polar surface area (TPSA) is 80.5 Å². The fourth-order valence-electron chi connectivity index (χ4n) is 3.28. The SMILES string of the molecule is O=C(Nc1ccccc1)N1CCCC1c1nc(CCOc2ccc(F)cc2)no1. The molecule has 1 N–H and O–H groups in total. The van der Waals surface area contributed by atoms with Gasteiger partial charge in [-0.25, -0.2) is 9.18 Å². The minimum Gasteiger partial charge on any atom is -0.493 e. The van der Waals surface area contributed by atoms with E-state index in [1.165, 1.54) is 12.1 Å². The molecular formula is C21H21FN4O3. The smallest absolute Gasteiger partial charge is 0.322 e. The number of aromatic nitrogens is 2. The van der Waals surface area contributed by atoms with Crippen LogP contribution in [0, 0.1) is 5.82 Å². The van der Waals surface area contributed by atoms with Gasteiger partial charge in [-0.2, -0.15) is 4.98 Å². The van der Waals surface area contributed by atoms with Crippen molar-refractivity contribution >= 4 is 11.7 Å². The van der Waals surface area contributed by atoms with Crippen LogP contribution >= 0.6 is 0 Å². The number of hydrogen-bond donors (Lipinski definition) is 1. The highest BCUT2D eigenvalue weighted by molar-refractivity contribution is 5.89. The van der Waals surface area contributed by atoms with E-state index >= 15 is 0 Å². The molecule has 1 aliphatic heterocycles. The van der Waals surface area contributed by atoms with Crippen LogP contribution in [-0.4, -0.2) is 34.2 Å². The lowest BCUT2D eigenvalue weighted by Crippen LogP contribution is -2.34. The number of halogens is 1. The summed E-state index contributed by atoms with van der Waals surface area (Å²) < 4.78 is 23.9. The molecule has 8 heteroatoms. The fourth-order valence-corrected chi connectivity index (χ4v) is 3.28. The third-order valence-electron chi connectivity index (χ3n) is 4.72. The van der Waals surface area contributed by atoms with Crippen molar-refractivity contribution in [3.8, 4) is 5.75 Å². The van der Waals surface area contributed by atoms with E-state index in [1.54, 1.807) is 17.0 Å². The monoisotopic (exact) mass is 396 g/mol. The first-order valence-electron chi connectivity index (χ1n) is 9.52. The van der Waals surface area contributed by atoms with Gasteiger partial charge in [-0.1, -0.05) is 23.4 Å². The van der Waals surface area contributed by atoms with E-state index in [0.29, 0.717) is 37.0 Å². The number of rotatable bonds is 6. The van der Waals surface area contributed by atoms with Crippen molar-refractivity contribution in [2.45, 2.75) is 25.3 Å². The standard InChI is InChI=1S/C21H21FN4O3/c22-15-8-10-17(11-9-15)28-14-12-19-24-20(29-25-19)18-7-4-13-26(18)21(27)23-16-5-2-1-3-6-16/h1-3,5-6,8-11,18H,4,7,12-14H2,(H,23,27). The van der Waals surface area contributed by atoms with Gasteiger partial charge in [-0.3, -0.25) is 0 Å². The van der Waals surface area contributed by atoms with E-state index in [1.807, 2.05) is 30.3 Å².